The first-order valence-corrected chi connectivity index (χ1v) is 5.42. The van der Waals surface area contributed by atoms with E-state index >= 15 is 0 Å². The van der Waals surface area contributed by atoms with Gasteiger partial charge in [0, 0.05) is 0 Å². The molecule has 1 saturated heterocycles. The minimum Gasteiger partial charge on any atom is -0.446 e. The van der Waals surface area contributed by atoms with Crippen molar-refractivity contribution in [3.63, 3.8) is 0 Å². The summed E-state index contributed by atoms with van der Waals surface area (Å²) in [5.41, 5.74) is 0.427. The molecule has 86 valence electrons. The van der Waals surface area contributed by atoms with E-state index in [0.717, 1.165) is 0 Å². The van der Waals surface area contributed by atoms with Gasteiger partial charge in [-0.3, -0.25) is 5.32 Å². The van der Waals surface area contributed by atoms with Crippen LogP contribution in [-0.2, 0) is 9.47 Å². The lowest BCUT2D eigenvalue weighted by Crippen LogP contribution is -2.16. The zero-order valence-corrected chi connectivity index (χ0v) is 9.72. The maximum atomic E-state index is 11.3. The second kappa shape index (κ2) is 4.91. The Balaban J connectivity index is 1.91. The zero-order valence-electron chi connectivity index (χ0n) is 8.20. The summed E-state index contributed by atoms with van der Waals surface area (Å²) in [7, 11) is 0. The maximum absolute atomic E-state index is 11.3. The van der Waals surface area contributed by atoms with Crippen molar-refractivity contribution in [3.05, 3.63) is 28.2 Å². The number of ether oxygens (including phenoxy) is 2. The van der Waals surface area contributed by atoms with Crippen molar-refractivity contribution < 1.29 is 14.3 Å². The summed E-state index contributed by atoms with van der Waals surface area (Å²) in [6.45, 7) is 0.898. The molecule has 2 rings (SSSR count). The quantitative estimate of drug-likeness (QED) is 0.852. The highest BCUT2D eigenvalue weighted by Crippen LogP contribution is 2.29. The van der Waals surface area contributed by atoms with Crippen LogP contribution in [0.4, 0.5) is 10.5 Å². The van der Waals surface area contributed by atoms with E-state index in [0.29, 0.717) is 22.3 Å². The summed E-state index contributed by atoms with van der Waals surface area (Å²) in [4.78, 5) is 11.3. The Morgan fingerprint density at radius 1 is 1.56 bits per heavy atom. The fourth-order valence-corrected chi connectivity index (χ4v) is 1.43. The molecule has 1 aliphatic rings. The molecule has 16 heavy (non-hydrogen) atoms. The fraction of sp³-hybridized carbons (Fsp3) is 0.300. The minimum atomic E-state index is -0.570. The van der Waals surface area contributed by atoms with Gasteiger partial charge in [-0.15, -0.1) is 0 Å². The molecule has 0 aliphatic carbocycles. The average molecular weight is 262 g/mol. The Morgan fingerprint density at radius 3 is 3.00 bits per heavy atom. The molecule has 1 aromatic carbocycles. The minimum absolute atomic E-state index is 0.0422. The van der Waals surface area contributed by atoms with Crippen molar-refractivity contribution in [2.75, 3.05) is 18.5 Å². The van der Waals surface area contributed by atoms with Crippen LogP contribution in [0.2, 0.25) is 10.0 Å². The maximum Gasteiger partial charge on any atom is 0.411 e. The largest absolute Gasteiger partial charge is 0.446 e. The van der Waals surface area contributed by atoms with Crippen molar-refractivity contribution in [2.24, 2.45) is 0 Å². The van der Waals surface area contributed by atoms with E-state index in [1.54, 1.807) is 18.2 Å². The third-order valence-corrected chi connectivity index (χ3v) is 2.81. The summed E-state index contributed by atoms with van der Waals surface area (Å²) < 4.78 is 9.79. The van der Waals surface area contributed by atoms with Crippen LogP contribution >= 0.6 is 23.2 Å². The lowest BCUT2D eigenvalue weighted by Gasteiger charge is -2.08. The zero-order chi connectivity index (χ0) is 11.5. The van der Waals surface area contributed by atoms with Crippen molar-refractivity contribution in [1.29, 1.82) is 0 Å². The van der Waals surface area contributed by atoms with Crippen LogP contribution in [-0.4, -0.2) is 25.4 Å². The third-order valence-electron chi connectivity index (χ3n) is 1.99. The van der Waals surface area contributed by atoms with Crippen molar-refractivity contribution >= 4 is 35.0 Å². The van der Waals surface area contributed by atoms with Crippen LogP contribution in [0.25, 0.3) is 0 Å². The van der Waals surface area contributed by atoms with Crippen LogP contribution in [0, 0.1) is 0 Å². The Labute approximate surface area is 102 Å². The summed E-state index contributed by atoms with van der Waals surface area (Å²) in [5.74, 6) is 0. The smallest absolute Gasteiger partial charge is 0.411 e. The molecule has 1 N–H and O–H groups in total. The van der Waals surface area contributed by atoms with E-state index in [-0.39, 0.29) is 12.7 Å². The number of anilines is 1. The Bertz CT molecular complexity index is 407. The molecule has 6 heteroatoms. The fourth-order valence-electron chi connectivity index (χ4n) is 1.08. The highest BCUT2D eigenvalue weighted by molar-refractivity contribution is 6.43. The monoisotopic (exact) mass is 261 g/mol. The first-order valence-electron chi connectivity index (χ1n) is 4.66. The number of hydrogen-bond donors (Lipinski definition) is 1. The van der Waals surface area contributed by atoms with E-state index in [9.17, 15) is 4.79 Å². The third kappa shape index (κ3) is 3.01. The molecule has 1 atom stereocenters. The molecular formula is C10H9Cl2NO3. The SMILES string of the molecule is O=C(Nc1cccc(Cl)c1Cl)OCC1CO1. The van der Waals surface area contributed by atoms with Gasteiger partial charge < -0.3 is 9.47 Å². The molecule has 0 bridgehead atoms. The molecule has 1 aliphatic heterocycles. The lowest BCUT2D eigenvalue weighted by atomic mass is 10.3. The first-order chi connectivity index (χ1) is 7.66. The standard InChI is InChI=1S/C10H9Cl2NO3/c11-7-2-1-3-8(9(7)12)13-10(14)16-5-6-4-15-6/h1-3,6H,4-5H2,(H,13,14). The second-order valence-electron chi connectivity index (χ2n) is 3.28. The van der Waals surface area contributed by atoms with Crippen LogP contribution < -0.4 is 5.32 Å². The number of carbonyl (C=O) groups excluding carboxylic acids is 1. The summed E-state index contributed by atoms with van der Waals surface area (Å²) >= 11 is 11.7. The summed E-state index contributed by atoms with van der Waals surface area (Å²) in [6.07, 6.45) is -0.528. The molecule has 1 fully saturated rings. The molecule has 0 spiro atoms. The molecule has 4 nitrogen and oxygen atoms in total. The van der Waals surface area contributed by atoms with Gasteiger partial charge in [-0.05, 0) is 12.1 Å². The molecule has 1 unspecified atom stereocenters. The van der Waals surface area contributed by atoms with Gasteiger partial charge in [0.1, 0.15) is 12.7 Å². The van der Waals surface area contributed by atoms with Gasteiger partial charge in [0.15, 0.2) is 0 Å². The molecular weight excluding hydrogens is 253 g/mol. The number of amides is 1. The molecule has 1 aromatic rings. The highest BCUT2D eigenvalue weighted by Gasteiger charge is 2.24. The van der Waals surface area contributed by atoms with Crippen LogP contribution in [0.5, 0.6) is 0 Å². The number of epoxide rings is 1. The van der Waals surface area contributed by atoms with Crippen molar-refractivity contribution in [2.45, 2.75) is 6.10 Å². The average Bonchev–Trinajstić information content (AvgIpc) is 3.06. The lowest BCUT2D eigenvalue weighted by molar-refractivity contribution is 0.150. The number of carbonyl (C=O) groups is 1. The summed E-state index contributed by atoms with van der Waals surface area (Å²) in [6, 6.07) is 4.97. The van der Waals surface area contributed by atoms with Gasteiger partial charge in [-0.25, -0.2) is 4.79 Å². The van der Waals surface area contributed by atoms with E-state index in [4.69, 9.17) is 32.7 Å². The topological polar surface area (TPSA) is 50.9 Å². The van der Waals surface area contributed by atoms with Gasteiger partial charge >= 0.3 is 6.09 Å². The molecule has 0 radical (unpaired) electrons. The van der Waals surface area contributed by atoms with Gasteiger partial charge in [-0.2, -0.15) is 0 Å². The molecule has 1 heterocycles. The van der Waals surface area contributed by atoms with E-state index in [2.05, 4.69) is 5.32 Å². The van der Waals surface area contributed by atoms with Crippen LogP contribution in [0.1, 0.15) is 0 Å². The van der Waals surface area contributed by atoms with Gasteiger partial charge in [0.05, 0.1) is 22.3 Å². The number of halogens is 2. The van der Waals surface area contributed by atoms with Gasteiger partial charge in [0.25, 0.3) is 0 Å². The van der Waals surface area contributed by atoms with E-state index in [1.807, 2.05) is 0 Å². The number of nitrogens with one attached hydrogen (secondary N) is 1. The molecule has 0 aromatic heterocycles. The van der Waals surface area contributed by atoms with Gasteiger partial charge in [-0.1, -0.05) is 29.3 Å². The molecule has 1 amide bonds. The Morgan fingerprint density at radius 2 is 2.31 bits per heavy atom. The Kier molecular flexibility index (Phi) is 3.53. The van der Waals surface area contributed by atoms with Gasteiger partial charge in [0.2, 0.25) is 0 Å². The number of rotatable bonds is 3. The predicted molar refractivity (Wildman–Crippen MR) is 61.2 cm³/mol. The van der Waals surface area contributed by atoms with Crippen LogP contribution in [0.3, 0.4) is 0 Å². The summed E-state index contributed by atoms with van der Waals surface area (Å²) in [5, 5.41) is 3.18. The van der Waals surface area contributed by atoms with E-state index < -0.39 is 6.09 Å². The second-order valence-corrected chi connectivity index (χ2v) is 4.07. The van der Waals surface area contributed by atoms with E-state index in [1.165, 1.54) is 0 Å². The number of hydrogen-bond acceptors (Lipinski definition) is 3. The highest BCUT2D eigenvalue weighted by atomic mass is 35.5. The van der Waals surface area contributed by atoms with Crippen molar-refractivity contribution in [1.82, 2.24) is 0 Å². The van der Waals surface area contributed by atoms with Crippen LogP contribution in [0.15, 0.2) is 18.2 Å². The predicted octanol–water partition coefficient (Wildman–Crippen LogP) is 2.94. The molecule has 0 saturated carbocycles. The Hall–Kier alpha value is -0.970. The number of benzene rings is 1. The van der Waals surface area contributed by atoms with Crippen molar-refractivity contribution in [3.8, 4) is 0 Å². The first kappa shape index (κ1) is 11.5. The normalized spacial score (nSPS) is 18.0.